The van der Waals surface area contributed by atoms with Crippen molar-refractivity contribution in [1.29, 1.82) is 0 Å². The molecule has 2 rings (SSSR count). The van der Waals surface area contributed by atoms with Crippen molar-refractivity contribution in [2.75, 3.05) is 0 Å². The van der Waals surface area contributed by atoms with Gasteiger partial charge in [0.05, 0.1) is 22.9 Å². The lowest BCUT2D eigenvalue weighted by molar-refractivity contribution is -0.309. The van der Waals surface area contributed by atoms with Crippen molar-refractivity contribution in [1.82, 2.24) is 4.90 Å². The second kappa shape index (κ2) is 6.29. The van der Waals surface area contributed by atoms with Crippen molar-refractivity contribution in [2.24, 2.45) is 0 Å². The summed E-state index contributed by atoms with van der Waals surface area (Å²) in [4.78, 5) is 35.3. The average Bonchev–Trinajstić information content (AvgIpc) is 2.73. The molecule has 0 aromatic heterocycles. The first-order chi connectivity index (χ1) is 10.3. The van der Waals surface area contributed by atoms with Crippen LogP contribution in [0.4, 0.5) is 0 Å². The van der Waals surface area contributed by atoms with Crippen LogP contribution < -0.4 is 10.2 Å². The Morgan fingerprint density at radius 2 is 1.95 bits per heavy atom. The Labute approximate surface area is 135 Å². The zero-order valence-electron chi connectivity index (χ0n) is 11.3. The van der Waals surface area contributed by atoms with Crippen LogP contribution in [0.3, 0.4) is 0 Å². The van der Waals surface area contributed by atoms with Gasteiger partial charge in [-0.05, 0) is 18.6 Å². The van der Waals surface area contributed by atoms with Gasteiger partial charge in [0.25, 0.3) is 5.91 Å². The Hall–Kier alpha value is -2.19. The number of nitrogens with zero attached hydrogens (tertiary/aromatic N) is 1. The van der Waals surface area contributed by atoms with Crippen molar-refractivity contribution in [3.05, 3.63) is 40.3 Å². The first kappa shape index (κ1) is 16.2. The number of carbonyl (C=O) groups is 3. The van der Waals surface area contributed by atoms with Crippen LogP contribution in [-0.2, 0) is 9.59 Å². The average molecular weight is 335 g/mol. The monoisotopic (exact) mass is 335 g/mol. The van der Waals surface area contributed by atoms with Crippen molar-refractivity contribution in [3.8, 4) is 0 Å². The maximum absolute atomic E-state index is 12.2. The molecule has 1 aliphatic rings. The van der Waals surface area contributed by atoms with Crippen LogP contribution in [0.25, 0.3) is 6.08 Å². The van der Waals surface area contributed by atoms with E-state index in [1.807, 2.05) is 0 Å². The highest BCUT2D eigenvalue weighted by molar-refractivity contribution is 8.26. The Balaban J connectivity index is 2.39. The zero-order chi connectivity index (χ0) is 16.4. The predicted octanol–water partition coefficient (Wildman–Crippen LogP) is -0.610. The van der Waals surface area contributed by atoms with Crippen LogP contribution in [0.5, 0.6) is 0 Å². The van der Waals surface area contributed by atoms with Gasteiger partial charge in [-0.3, -0.25) is 9.69 Å². The van der Waals surface area contributed by atoms with Crippen molar-refractivity contribution in [2.45, 2.75) is 13.0 Å². The van der Waals surface area contributed by atoms with E-state index >= 15 is 0 Å². The fourth-order valence-corrected chi connectivity index (χ4v) is 3.28. The van der Waals surface area contributed by atoms with E-state index in [1.54, 1.807) is 6.07 Å². The van der Waals surface area contributed by atoms with Gasteiger partial charge in [0, 0.05) is 5.56 Å². The molecule has 0 bridgehead atoms. The van der Waals surface area contributed by atoms with Gasteiger partial charge in [0.1, 0.15) is 4.32 Å². The SMILES string of the molecule is CC(C(=O)[O-])N1C(=O)C(=Cc2ccccc2C(=O)[O-])SC1=S. The molecule has 1 aromatic carbocycles. The lowest BCUT2D eigenvalue weighted by atomic mass is 10.1. The van der Waals surface area contributed by atoms with E-state index in [2.05, 4.69) is 0 Å². The van der Waals surface area contributed by atoms with Gasteiger partial charge in [-0.1, -0.05) is 48.2 Å². The molecule has 0 radical (unpaired) electrons. The van der Waals surface area contributed by atoms with Crippen molar-refractivity contribution < 1.29 is 24.6 Å². The summed E-state index contributed by atoms with van der Waals surface area (Å²) in [5.41, 5.74) is 0.213. The van der Waals surface area contributed by atoms with E-state index in [0.29, 0.717) is 0 Å². The lowest BCUT2D eigenvalue weighted by Gasteiger charge is -2.23. The van der Waals surface area contributed by atoms with Crippen molar-refractivity contribution >= 4 is 52.2 Å². The molecule has 1 heterocycles. The molecule has 0 spiro atoms. The third kappa shape index (κ3) is 3.02. The minimum atomic E-state index is -1.42. The standard InChI is InChI=1S/C14H11NO5S2/c1-7(12(17)18)15-11(16)10(22-14(15)21)6-8-4-2-3-5-9(8)13(19)20/h2-7H,1H3,(H,17,18)(H,19,20)/p-2. The van der Waals surface area contributed by atoms with Gasteiger partial charge in [0.15, 0.2) is 0 Å². The van der Waals surface area contributed by atoms with Crippen LogP contribution in [0, 0.1) is 0 Å². The number of carboxylic acid groups (broad SMARTS) is 2. The maximum Gasteiger partial charge on any atom is 0.266 e. The molecule has 1 unspecified atom stereocenters. The van der Waals surface area contributed by atoms with Crippen LogP contribution in [0.1, 0.15) is 22.8 Å². The molecule has 1 aromatic rings. The number of hydrogen-bond acceptors (Lipinski definition) is 7. The number of carbonyl (C=O) groups excluding carboxylic acids is 3. The number of rotatable bonds is 4. The normalized spacial score (nSPS) is 17.9. The van der Waals surface area contributed by atoms with Gasteiger partial charge in [-0.2, -0.15) is 0 Å². The summed E-state index contributed by atoms with van der Waals surface area (Å²) in [7, 11) is 0. The highest BCUT2D eigenvalue weighted by Gasteiger charge is 2.35. The number of thioether (sulfide) groups is 1. The van der Waals surface area contributed by atoms with E-state index < -0.39 is 23.9 Å². The fraction of sp³-hybridized carbons (Fsp3) is 0.143. The molecule has 1 atom stereocenters. The molecular weight excluding hydrogens is 326 g/mol. The molecule has 6 nitrogen and oxygen atoms in total. The molecule has 0 N–H and O–H groups in total. The number of carboxylic acids is 2. The second-order valence-corrected chi connectivity index (χ2v) is 6.10. The summed E-state index contributed by atoms with van der Waals surface area (Å²) in [6.07, 6.45) is 1.35. The number of hydrogen-bond donors (Lipinski definition) is 0. The molecule has 1 amide bonds. The van der Waals surface area contributed by atoms with Gasteiger partial charge < -0.3 is 19.8 Å². The molecule has 1 saturated heterocycles. The summed E-state index contributed by atoms with van der Waals surface area (Å²) in [6.45, 7) is 1.29. The molecular formula is C14H9NO5S2-2. The van der Waals surface area contributed by atoms with Gasteiger partial charge in [-0.25, -0.2) is 0 Å². The first-order valence-electron chi connectivity index (χ1n) is 6.11. The summed E-state index contributed by atoms with van der Waals surface area (Å²) in [5, 5.41) is 22.0. The highest BCUT2D eigenvalue weighted by Crippen LogP contribution is 2.34. The third-order valence-electron chi connectivity index (χ3n) is 3.02. The minimum absolute atomic E-state index is 0.0688. The Morgan fingerprint density at radius 1 is 1.32 bits per heavy atom. The Bertz CT molecular complexity index is 713. The highest BCUT2D eigenvalue weighted by atomic mass is 32.2. The van der Waals surface area contributed by atoms with E-state index in [1.165, 1.54) is 31.2 Å². The number of aromatic carboxylic acids is 1. The van der Waals surface area contributed by atoms with E-state index in [0.717, 1.165) is 16.7 Å². The van der Waals surface area contributed by atoms with Crippen LogP contribution in [-0.4, -0.2) is 33.1 Å². The number of thiocarbonyl (C=S) groups is 1. The smallest absolute Gasteiger partial charge is 0.266 e. The van der Waals surface area contributed by atoms with Crippen LogP contribution in [0.15, 0.2) is 29.2 Å². The molecule has 1 fully saturated rings. The van der Waals surface area contributed by atoms with Gasteiger partial charge in [0.2, 0.25) is 0 Å². The Kier molecular flexibility index (Phi) is 4.62. The molecule has 0 saturated carbocycles. The number of aliphatic carboxylic acids is 1. The number of amides is 1. The van der Waals surface area contributed by atoms with Crippen LogP contribution >= 0.6 is 24.0 Å². The molecule has 0 aliphatic carbocycles. The third-order valence-corrected chi connectivity index (χ3v) is 4.35. The second-order valence-electron chi connectivity index (χ2n) is 4.42. The summed E-state index contributed by atoms with van der Waals surface area (Å²) in [6, 6.07) is 4.81. The van der Waals surface area contributed by atoms with Crippen LogP contribution in [0.2, 0.25) is 0 Å². The van der Waals surface area contributed by atoms with E-state index in [-0.39, 0.29) is 20.4 Å². The summed E-state index contributed by atoms with van der Waals surface area (Å²) >= 11 is 5.91. The quantitative estimate of drug-likeness (QED) is 0.534. The Morgan fingerprint density at radius 3 is 2.55 bits per heavy atom. The maximum atomic E-state index is 12.2. The minimum Gasteiger partial charge on any atom is -0.548 e. The summed E-state index contributed by atoms with van der Waals surface area (Å²) in [5.74, 6) is -3.39. The molecule has 114 valence electrons. The van der Waals surface area contributed by atoms with E-state index in [9.17, 15) is 24.6 Å². The van der Waals surface area contributed by atoms with Gasteiger partial charge >= 0.3 is 0 Å². The number of benzene rings is 1. The zero-order valence-corrected chi connectivity index (χ0v) is 12.9. The predicted molar refractivity (Wildman–Crippen MR) is 80.3 cm³/mol. The molecule has 8 heteroatoms. The van der Waals surface area contributed by atoms with Crippen molar-refractivity contribution in [3.63, 3.8) is 0 Å². The molecule has 1 aliphatic heterocycles. The first-order valence-corrected chi connectivity index (χ1v) is 7.33. The summed E-state index contributed by atoms with van der Waals surface area (Å²) < 4.78 is 0.0823. The fourth-order valence-electron chi connectivity index (χ4n) is 1.87. The lowest BCUT2D eigenvalue weighted by Crippen LogP contribution is -2.48. The molecule has 22 heavy (non-hydrogen) atoms. The topological polar surface area (TPSA) is 101 Å². The van der Waals surface area contributed by atoms with E-state index in [4.69, 9.17) is 12.2 Å². The van der Waals surface area contributed by atoms with Gasteiger partial charge in [-0.15, -0.1) is 0 Å². The largest absolute Gasteiger partial charge is 0.548 e.